The molecule has 0 aliphatic carbocycles. The minimum Gasteiger partial charge on any atom is -0.149 e. The van der Waals surface area contributed by atoms with Gasteiger partial charge >= 0.3 is 0 Å². The molecule has 16 heavy (non-hydrogen) atoms. The van der Waals surface area contributed by atoms with Gasteiger partial charge in [-0.1, -0.05) is 51.8 Å². The smallest absolute Gasteiger partial charge is 0.0441 e. The van der Waals surface area contributed by atoms with Crippen molar-refractivity contribution in [2.75, 3.05) is 5.33 Å². The summed E-state index contributed by atoms with van der Waals surface area (Å²) in [4.78, 5) is 1.41. The average molecular weight is 316 g/mol. The van der Waals surface area contributed by atoms with Crippen LogP contribution in [-0.2, 0) is 6.42 Å². The number of hydrogen-bond acceptors (Lipinski definition) is 1. The zero-order chi connectivity index (χ0) is 11.4. The van der Waals surface area contributed by atoms with Gasteiger partial charge in [-0.3, -0.25) is 0 Å². The van der Waals surface area contributed by atoms with Crippen LogP contribution in [0.25, 0.3) is 0 Å². The summed E-state index contributed by atoms with van der Waals surface area (Å²) < 4.78 is 0. The zero-order valence-corrected chi connectivity index (χ0v) is 11.9. The molecule has 0 bridgehead atoms. The first-order chi connectivity index (χ1) is 7.81. The molecule has 1 unspecified atom stereocenters. The van der Waals surface area contributed by atoms with Crippen molar-refractivity contribution < 1.29 is 0 Å². The lowest BCUT2D eigenvalue weighted by Gasteiger charge is -2.14. The fourth-order valence-electron chi connectivity index (χ4n) is 1.73. The fourth-order valence-corrected chi connectivity index (χ4v) is 3.38. The number of thiophene rings is 1. The third-order valence-electron chi connectivity index (χ3n) is 2.56. The normalized spacial score (nSPS) is 12.6. The van der Waals surface area contributed by atoms with E-state index in [1.807, 2.05) is 18.2 Å². The molecular formula is C13H12BrClS. The van der Waals surface area contributed by atoms with Gasteiger partial charge in [-0.05, 0) is 35.4 Å². The highest BCUT2D eigenvalue weighted by Gasteiger charge is 2.14. The van der Waals surface area contributed by atoms with Crippen LogP contribution in [0.5, 0.6) is 0 Å². The Bertz CT molecular complexity index is 439. The van der Waals surface area contributed by atoms with Crippen LogP contribution >= 0.6 is 38.9 Å². The maximum absolute atomic E-state index is 6.22. The molecule has 1 heterocycles. The van der Waals surface area contributed by atoms with Gasteiger partial charge in [-0.15, -0.1) is 11.3 Å². The van der Waals surface area contributed by atoms with Crippen LogP contribution in [0, 0.1) is 0 Å². The van der Waals surface area contributed by atoms with E-state index in [1.54, 1.807) is 11.3 Å². The SMILES string of the molecule is Clc1ccccc1C(CBr)Cc1cccs1. The Morgan fingerprint density at radius 1 is 1.19 bits per heavy atom. The van der Waals surface area contributed by atoms with E-state index in [0.29, 0.717) is 5.92 Å². The van der Waals surface area contributed by atoms with Crippen LogP contribution in [0.15, 0.2) is 41.8 Å². The molecule has 0 aliphatic heterocycles. The second kappa shape index (κ2) is 5.85. The maximum Gasteiger partial charge on any atom is 0.0441 e. The van der Waals surface area contributed by atoms with Crippen molar-refractivity contribution in [1.29, 1.82) is 0 Å². The van der Waals surface area contributed by atoms with Crippen LogP contribution < -0.4 is 0 Å². The van der Waals surface area contributed by atoms with Crippen molar-refractivity contribution in [2.45, 2.75) is 12.3 Å². The van der Waals surface area contributed by atoms with Crippen molar-refractivity contribution in [1.82, 2.24) is 0 Å². The van der Waals surface area contributed by atoms with E-state index < -0.39 is 0 Å². The predicted octanol–water partition coefficient (Wildman–Crippen LogP) is 5.12. The topological polar surface area (TPSA) is 0 Å². The second-order valence-corrected chi connectivity index (χ2v) is 5.74. The van der Waals surface area contributed by atoms with E-state index >= 15 is 0 Å². The summed E-state index contributed by atoms with van der Waals surface area (Å²) in [6.45, 7) is 0. The first-order valence-electron chi connectivity index (χ1n) is 5.14. The minimum absolute atomic E-state index is 0.451. The van der Waals surface area contributed by atoms with Gasteiger partial charge in [0.2, 0.25) is 0 Å². The van der Waals surface area contributed by atoms with Crippen molar-refractivity contribution in [2.24, 2.45) is 0 Å². The molecule has 1 atom stereocenters. The fraction of sp³-hybridized carbons (Fsp3) is 0.231. The second-order valence-electron chi connectivity index (χ2n) is 3.66. The van der Waals surface area contributed by atoms with Gasteiger partial charge in [-0.2, -0.15) is 0 Å². The molecule has 0 radical (unpaired) electrons. The van der Waals surface area contributed by atoms with Crippen molar-refractivity contribution >= 4 is 38.9 Å². The summed E-state index contributed by atoms with van der Waals surface area (Å²) in [5.41, 5.74) is 1.23. The molecule has 0 aliphatic rings. The zero-order valence-electron chi connectivity index (χ0n) is 8.70. The van der Waals surface area contributed by atoms with Gasteiger partial charge in [0.05, 0.1) is 0 Å². The Morgan fingerprint density at radius 3 is 2.62 bits per heavy atom. The summed E-state index contributed by atoms with van der Waals surface area (Å²) >= 11 is 11.6. The van der Waals surface area contributed by atoms with Gasteiger partial charge < -0.3 is 0 Å². The molecule has 0 amide bonds. The summed E-state index contributed by atoms with van der Waals surface area (Å²) in [6.07, 6.45) is 1.05. The van der Waals surface area contributed by atoms with Gasteiger partial charge in [0.1, 0.15) is 0 Å². The summed E-state index contributed by atoms with van der Waals surface area (Å²) in [6, 6.07) is 12.4. The summed E-state index contributed by atoms with van der Waals surface area (Å²) in [5, 5.41) is 3.92. The lowest BCUT2D eigenvalue weighted by atomic mass is 9.97. The van der Waals surface area contributed by atoms with E-state index in [-0.39, 0.29) is 0 Å². The maximum atomic E-state index is 6.22. The van der Waals surface area contributed by atoms with E-state index in [4.69, 9.17) is 11.6 Å². The van der Waals surface area contributed by atoms with Crippen LogP contribution in [0.2, 0.25) is 5.02 Å². The monoisotopic (exact) mass is 314 g/mol. The predicted molar refractivity (Wildman–Crippen MR) is 76.0 cm³/mol. The molecule has 0 nitrogen and oxygen atoms in total. The molecule has 0 fully saturated rings. The minimum atomic E-state index is 0.451. The Kier molecular flexibility index (Phi) is 4.45. The third kappa shape index (κ3) is 2.88. The van der Waals surface area contributed by atoms with Crippen LogP contribution in [0.3, 0.4) is 0 Å². The summed E-state index contributed by atoms with van der Waals surface area (Å²) in [5.74, 6) is 0.451. The molecule has 0 saturated carbocycles. The van der Waals surface area contributed by atoms with Crippen LogP contribution in [0.4, 0.5) is 0 Å². The lowest BCUT2D eigenvalue weighted by Crippen LogP contribution is -2.04. The van der Waals surface area contributed by atoms with Crippen LogP contribution in [0.1, 0.15) is 16.4 Å². The Balaban J connectivity index is 2.20. The number of hydrogen-bond donors (Lipinski definition) is 0. The van der Waals surface area contributed by atoms with Gasteiger partial charge in [0.25, 0.3) is 0 Å². The lowest BCUT2D eigenvalue weighted by molar-refractivity contribution is 0.786. The van der Waals surface area contributed by atoms with Crippen molar-refractivity contribution in [3.8, 4) is 0 Å². The molecule has 1 aromatic heterocycles. The molecule has 84 valence electrons. The first kappa shape index (κ1) is 12.2. The number of benzene rings is 1. The first-order valence-corrected chi connectivity index (χ1v) is 7.52. The third-order valence-corrected chi connectivity index (χ3v) is 4.58. The molecule has 0 spiro atoms. The van der Waals surface area contributed by atoms with E-state index in [0.717, 1.165) is 16.8 Å². The number of alkyl halides is 1. The van der Waals surface area contributed by atoms with E-state index in [1.165, 1.54) is 10.4 Å². The standard InChI is InChI=1S/C13H12BrClS/c14-9-10(8-11-4-3-7-16-11)12-5-1-2-6-13(12)15/h1-7,10H,8-9H2. The molecular weight excluding hydrogens is 304 g/mol. The average Bonchev–Trinajstić information content (AvgIpc) is 2.80. The van der Waals surface area contributed by atoms with Gasteiger partial charge in [0, 0.05) is 15.2 Å². The molecule has 0 N–H and O–H groups in total. The highest BCUT2D eigenvalue weighted by molar-refractivity contribution is 9.09. The molecule has 2 rings (SSSR count). The molecule has 3 heteroatoms. The van der Waals surface area contributed by atoms with E-state index in [9.17, 15) is 0 Å². The Labute approximate surface area is 113 Å². The largest absolute Gasteiger partial charge is 0.149 e. The van der Waals surface area contributed by atoms with Gasteiger partial charge in [0.15, 0.2) is 0 Å². The Morgan fingerprint density at radius 2 is 2.00 bits per heavy atom. The molecule has 2 aromatic rings. The van der Waals surface area contributed by atoms with Crippen LogP contribution in [-0.4, -0.2) is 5.33 Å². The number of halogens is 2. The highest BCUT2D eigenvalue weighted by Crippen LogP contribution is 2.30. The molecule has 1 aromatic carbocycles. The van der Waals surface area contributed by atoms with Crippen molar-refractivity contribution in [3.05, 3.63) is 57.2 Å². The van der Waals surface area contributed by atoms with Gasteiger partial charge in [-0.25, -0.2) is 0 Å². The van der Waals surface area contributed by atoms with Crippen molar-refractivity contribution in [3.63, 3.8) is 0 Å². The highest BCUT2D eigenvalue weighted by atomic mass is 79.9. The Hall–Kier alpha value is -0.310. The number of rotatable bonds is 4. The summed E-state index contributed by atoms with van der Waals surface area (Å²) in [7, 11) is 0. The quantitative estimate of drug-likeness (QED) is 0.687. The van der Waals surface area contributed by atoms with E-state index in [2.05, 4.69) is 39.5 Å². The molecule has 0 saturated heterocycles.